The van der Waals surface area contributed by atoms with Gasteiger partial charge in [-0.3, -0.25) is 4.90 Å². The van der Waals surface area contributed by atoms with Gasteiger partial charge in [0.1, 0.15) is 6.04 Å². The van der Waals surface area contributed by atoms with Crippen molar-refractivity contribution < 1.29 is 32.2 Å². The van der Waals surface area contributed by atoms with Crippen molar-refractivity contribution in [3.05, 3.63) is 34.7 Å². The van der Waals surface area contributed by atoms with Crippen molar-refractivity contribution in [2.75, 3.05) is 44.6 Å². The molecule has 4 rings (SSSR count). The molecule has 2 atom stereocenters. The topological polar surface area (TPSA) is 116 Å². The summed E-state index contributed by atoms with van der Waals surface area (Å²) in [6.07, 6.45) is -5.43. The van der Waals surface area contributed by atoms with Crippen LogP contribution in [0.15, 0.2) is 16.5 Å². The van der Waals surface area contributed by atoms with Crippen LogP contribution in [0.5, 0.6) is 0 Å². The first kappa shape index (κ1) is 25.2. The van der Waals surface area contributed by atoms with Gasteiger partial charge in [-0.05, 0) is 49.6 Å². The minimum atomic E-state index is -4.54. The summed E-state index contributed by atoms with van der Waals surface area (Å²) in [4.78, 5) is 15.3. The fourth-order valence-corrected chi connectivity index (χ4v) is 4.26. The molecule has 1 aromatic carbocycles. The Morgan fingerprint density at radius 3 is 2.66 bits per heavy atom. The van der Waals surface area contributed by atoms with Crippen LogP contribution in [0.4, 0.5) is 29.7 Å². The molecule has 2 unspecified atom stereocenters. The van der Waals surface area contributed by atoms with Crippen LogP contribution in [0.1, 0.15) is 35.0 Å². The third-order valence-electron chi connectivity index (χ3n) is 6.18. The number of hydrogen-bond acceptors (Lipinski definition) is 9. The van der Waals surface area contributed by atoms with Crippen LogP contribution in [-0.2, 0) is 11.3 Å². The summed E-state index contributed by atoms with van der Waals surface area (Å²) in [7, 11) is 0. The number of rotatable bonds is 6. The predicted molar refractivity (Wildman–Crippen MR) is 119 cm³/mol. The van der Waals surface area contributed by atoms with Gasteiger partial charge in [0.25, 0.3) is 0 Å². The predicted octanol–water partition coefficient (Wildman–Crippen LogP) is 2.64. The molecule has 192 valence electrons. The molecule has 35 heavy (non-hydrogen) atoms. The highest BCUT2D eigenvalue weighted by Crippen LogP contribution is 2.28. The van der Waals surface area contributed by atoms with Crippen LogP contribution >= 0.6 is 0 Å². The Morgan fingerprint density at radius 2 is 2.00 bits per heavy atom. The zero-order valence-electron chi connectivity index (χ0n) is 19.6. The van der Waals surface area contributed by atoms with E-state index in [9.17, 15) is 23.1 Å². The normalized spacial score (nSPS) is 21.4. The number of aliphatic hydroxyl groups excluding tert-OH is 1. The highest BCUT2D eigenvalue weighted by atomic mass is 19.4. The first-order valence-electron chi connectivity index (χ1n) is 11.4. The maximum absolute atomic E-state index is 12.3. The molecular formula is C22H29F3N6O4. The van der Waals surface area contributed by atoms with Gasteiger partial charge < -0.3 is 29.8 Å². The number of aliphatic hydroxyl groups is 1. The summed E-state index contributed by atoms with van der Waals surface area (Å²) >= 11 is 0. The lowest BCUT2D eigenvalue weighted by Gasteiger charge is -2.34. The number of carbonyl (C=O) groups excluding carboxylic acids is 1. The van der Waals surface area contributed by atoms with Gasteiger partial charge in [0.05, 0.1) is 6.10 Å². The summed E-state index contributed by atoms with van der Waals surface area (Å²) in [5.74, 6) is 0.328. The Hall–Kier alpha value is -2.90. The number of alkyl halides is 3. The van der Waals surface area contributed by atoms with E-state index < -0.39 is 25.0 Å². The van der Waals surface area contributed by atoms with Crippen molar-refractivity contribution in [1.82, 2.24) is 25.3 Å². The molecule has 0 aliphatic carbocycles. The van der Waals surface area contributed by atoms with Gasteiger partial charge in [0.2, 0.25) is 5.89 Å². The number of amides is 1. The van der Waals surface area contributed by atoms with E-state index >= 15 is 0 Å². The van der Waals surface area contributed by atoms with E-state index in [4.69, 9.17) is 4.42 Å². The van der Waals surface area contributed by atoms with Gasteiger partial charge in [-0.1, -0.05) is 11.2 Å². The standard InChI is InChI=1S/C22H29F3N6O4/c1-13-9-15(11-30-5-7-31(8-6-30)21(33)34-12-22(23,24)25)14(2)16(10-13)27-20-29-28-19(35-20)18-17(32)3-4-26-18/h9-10,17-18,26,32H,3-8,11-12H2,1-2H3,(H,27,29). The van der Waals surface area contributed by atoms with Crippen LogP contribution in [0.3, 0.4) is 0 Å². The molecule has 2 aromatic rings. The third-order valence-corrected chi connectivity index (χ3v) is 6.18. The smallest absolute Gasteiger partial charge is 0.422 e. The summed E-state index contributed by atoms with van der Waals surface area (Å²) < 4.78 is 46.9. The average Bonchev–Trinajstić information content (AvgIpc) is 3.43. The molecule has 10 nitrogen and oxygen atoms in total. The Morgan fingerprint density at radius 1 is 1.26 bits per heavy atom. The summed E-state index contributed by atoms with van der Waals surface area (Å²) in [5.41, 5.74) is 3.88. The van der Waals surface area contributed by atoms with Crippen LogP contribution < -0.4 is 10.6 Å². The number of nitrogens with one attached hydrogen (secondary N) is 2. The van der Waals surface area contributed by atoms with Gasteiger partial charge in [-0.25, -0.2) is 4.79 Å². The summed E-state index contributed by atoms with van der Waals surface area (Å²) in [6, 6.07) is 3.89. The first-order valence-corrected chi connectivity index (χ1v) is 11.4. The zero-order valence-corrected chi connectivity index (χ0v) is 19.6. The Bertz CT molecular complexity index is 1040. The molecule has 2 saturated heterocycles. The van der Waals surface area contributed by atoms with Crippen molar-refractivity contribution >= 4 is 17.8 Å². The number of anilines is 2. The van der Waals surface area contributed by atoms with Crippen molar-refractivity contribution in [2.24, 2.45) is 0 Å². The highest BCUT2D eigenvalue weighted by Gasteiger charge is 2.32. The lowest BCUT2D eigenvalue weighted by Crippen LogP contribution is -2.48. The maximum Gasteiger partial charge on any atom is 0.422 e. The molecule has 0 spiro atoms. The molecule has 0 saturated carbocycles. The van der Waals surface area contributed by atoms with Crippen LogP contribution in [-0.4, -0.2) is 82.8 Å². The molecule has 0 radical (unpaired) electrons. The third kappa shape index (κ3) is 6.41. The summed E-state index contributed by atoms with van der Waals surface area (Å²) in [5, 5.41) is 24.4. The van der Waals surface area contributed by atoms with E-state index in [1.165, 1.54) is 4.90 Å². The number of halogens is 3. The second-order valence-electron chi connectivity index (χ2n) is 8.89. The molecule has 13 heteroatoms. The average molecular weight is 499 g/mol. The molecular weight excluding hydrogens is 469 g/mol. The summed E-state index contributed by atoms with van der Waals surface area (Å²) in [6.45, 7) is 5.27. The lowest BCUT2D eigenvalue weighted by atomic mass is 10.0. The molecule has 2 fully saturated rings. The monoisotopic (exact) mass is 498 g/mol. The van der Waals surface area contributed by atoms with E-state index in [1.807, 2.05) is 19.9 Å². The van der Waals surface area contributed by atoms with Crippen molar-refractivity contribution in [3.63, 3.8) is 0 Å². The number of carbonyl (C=O) groups is 1. The molecule has 2 aliphatic heterocycles. The number of nitrogens with zero attached hydrogens (tertiary/aromatic N) is 4. The molecule has 2 aliphatic rings. The second kappa shape index (κ2) is 10.4. The molecule has 1 aromatic heterocycles. The fourth-order valence-electron chi connectivity index (χ4n) is 4.26. The van der Waals surface area contributed by atoms with Gasteiger partial charge in [-0.15, -0.1) is 5.10 Å². The number of benzene rings is 1. The number of ether oxygens (including phenoxy) is 1. The largest absolute Gasteiger partial charge is 0.440 e. The van der Waals surface area contributed by atoms with E-state index in [0.717, 1.165) is 22.4 Å². The van der Waals surface area contributed by atoms with Crippen molar-refractivity contribution in [1.29, 1.82) is 0 Å². The highest BCUT2D eigenvalue weighted by molar-refractivity contribution is 5.67. The number of piperazine rings is 1. The minimum Gasteiger partial charge on any atom is -0.440 e. The van der Waals surface area contributed by atoms with Gasteiger partial charge in [0.15, 0.2) is 6.61 Å². The van der Waals surface area contributed by atoms with Gasteiger partial charge in [0, 0.05) is 38.4 Å². The van der Waals surface area contributed by atoms with Crippen LogP contribution in [0, 0.1) is 13.8 Å². The van der Waals surface area contributed by atoms with Crippen molar-refractivity contribution in [2.45, 2.75) is 45.1 Å². The lowest BCUT2D eigenvalue weighted by molar-refractivity contribution is -0.162. The van der Waals surface area contributed by atoms with E-state index in [0.29, 0.717) is 51.6 Å². The first-order chi connectivity index (χ1) is 16.6. The molecule has 1 amide bonds. The molecule has 0 bridgehead atoms. The fraction of sp³-hybridized carbons (Fsp3) is 0.591. The van der Waals surface area contributed by atoms with Crippen LogP contribution in [0.2, 0.25) is 0 Å². The Labute approximate surface area is 200 Å². The quantitative estimate of drug-likeness (QED) is 0.553. The Balaban J connectivity index is 1.36. The number of aromatic nitrogens is 2. The SMILES string of the molecule is Cc1cc(CN2CCN(C(=O)OCC(F)(F)F)CC2)c(C)c(Nc2nnc(C3NCCC3O)o2)c1. The van der Waals surface area contributed by atoms with Gasteiger partial charge in [-0.2, -0.15) is 13.2 Å². The number of aryl methyl sites for hydroxylation is 1. The van der Waals surface area contributed by atoms with Crippen molar-refractivity contribution in [3.8, 4) is 0 Å². The zero-order chi connectivity index (χ0) is 25.2. The molecule has 3 N–H and O–H groups in total. The van der Waals surface area contributed by atoms with E-state index in [-0.39, 0.29) is 12.1 Å². The molecule has 3 heterocycles. The van der Waals surface area contributed by atoms with E-state index in [2.05, 4.69) is 36.5 Å². The minimum absolute atomic E-state index is 0.228. The number of hydrogen-bond donors (Lipinski definition) is 3. The van der Waals surface area contributed by atoms with Crippen LogP contribution in [0.25, 0.3) is 0 Å². The van der Waals surface area contributed by atoms with E-state index in [1.54, 1.807) is 0 Å². The van der Waals surface area contributed by atoms with Gasteiger partial charge >= 0.3 is 18.3 Å². The second-order valence-corrected chi connectivity index (χ2v) is 8.89. The maximum atomic E-state index is 12.3. The Kier molecular flexibility index (Phi) is 7.47.